The van der Waals surface area contributed by atoms with Crippen LogP contribution in [0.25, 0.3) is 10.9 Å². The molecule has 1 aliphatic carbocycles. The minimum absolute atomic E-state index is 0.243. The van der Waals surface area contributed by atoms with E-state index in [1.54, 1.807) is 6.20 Å². The molecule has 0 spiro atoms. The molecule has 1 aromatic heterocycles. The average molecular weight is 420 g/mol. The van der Waals surface area contributed by atoms with Crippen molar-refractivity contribution in [3.8, 4) is 5.75 Å². The molecule has 106 valence electrons. The van der Waals surface area contributed by atoms with E-state index in [-0.39, 0.29) is 5.41 Å². The number of halogens is 2. The fourth-order valence-corrected chi connectivity index (χ4v) is 4.11. The van der Waals surface area contributed by atoms with Crippen LogP contribution in [0, 0.1) is 8.99 Å². The van der Waals surface area contributed by atoms with Gasteiger partial charge in [0.15, 0.2) is 5.75 Å². The Morgan fingerprint density at radius 3 is 2.90 bits per heavy atom. The van der Waals surface area contributed by atoms with Crippen LogP contribution in [-0.4, -0.2) is 17.3 Å². The first kappa shape index (κ1) is 14.7. The molecular weight excluding hydrogens is 405 g/mol. The highest BCUT2D eigenvalue weighted by molar-refractivity contribution is 14.1. The standard InChI is InChI=1S/C15H15ClINOS/c16-11-7-12(17)14(13-10(11)3-1-6-18-13)19-8-15(9-20)4-2-5-15/h1,3,6-7,20H,2,4-5,8-9H2. The maximum atomic E-state index is 6.28. The first-order chi connectivity index (χ1) is 9.65. The monoisotopic (exact) mass is 419 g/mol. The Morgan fingerprint density at radius 1 is 1.45 bits per heavy atom. The molecule has 1 saturated carbocycles. The van der Waals surface area contributed by atoms with Gasteiger partial charge < -0.3 is 4.74 Å². The predicted octanol–water partition coefficient (Wildman–Crippen LogP) is 4.97. The third-order valence-corrected chi connectivity index (χ3v) is 5.81. The third-order valence-electron chi connectivity index (χ3n) is 4.02. The van der Waals surface area contributed by atoms with Crippen LogP contribution in [0.2, 0.25) is 5.02 Å². The summed E-state index contributed by atoms with van der Waals surface area (Å²) in [4.78, 5) is 4.44. The molecule has 3 rings (SSSR count). The van der Waals surface area contributed by atoms with Crippen LogP contribution in [0.15, 0.2) is 24.4 Å². The Balaban J connectivity index is 1.95. The molecule has 1 aliphatic rings. The number of nitrogens with zero attached hydrogens (tertiary/aromatic N) is 1. The van der Waals surface area contributed by atoms with Gasteiger partial charge in [-0.15, -0.1) is 0 Å². The number of benzene rings is 1. The fraction of sp³-hybridized carbons (Fsp3) is 0.400. The van der Waals surface area contributed by atoms with E-state index in [0.717, 1.165) is 31.0 Å². The number of pyridine rings is 1. The molecular formula is C15H15ClINOS. The zero-order chi connectivity index (χ0) is 14.2. The van der Waals surface area contributed by atoms with Gasteiger partial charge in [-0.3, -0.25) is 4.98 Å². The number of hydrogen-bond donors (Lipinski definition) is 1. The SMILES string of the molecule is SCC1(COc2c(I)cc(Cl)c3cccnc23)CCC1. The van der Waals surface area contributed by atoms with E-state index in [2.05, 4.69) is 40.2 Å². The lowest BCUT2D eigenvalue weighted by Crippen LogP contribution is -2.37. The van der Waals surface area contributed by atoms with E-state index >= 15 is 0 Å². The summed E-state index contributed by atoms with van der Waals surface area (Å²) < 4.78 is 7.13. The maximum Gasteiger partial charge on any atom is 0.158 e. The number of aromatic nitrogens is 1. The summed E-state index contributed by atoms with van der Waals surface area (Å²) in [5.74, 6) is 1.72. The van der Waals surface area contributed by atoms with Gasteiger partial charge in [0.2, 0.25) is 0 Å². The quantitative estimate of drug-likeness (QED) is 0.558. The van der Waals surface area contributed by atoms with E-state index in [9.17, 15) is 0 Å². The lowest BCUT2D eigenvalue weighted by Gasteiger charge is -2.40. The lowest BCUT2D eigenvalue weighted by molar-refractivity contribution is 0.0833. The first-order valence-corrected chi connectivity index (χ1v) is 8.70. The molecule has 2 aromatic rings. The molecule has 0 saturated heterocycles. The van der Waals surface area contributed by atoms with Crippen molar-refractivity contribution >= 4 is 57.7 Å². The molecule has 1 fully saturated rings. The lowest BCUT2D eigenvalue weighted by atomic mass is 9.71. The molecule has 1 aromatic carbocycles. The average Bonchev–Trinajstić information content (AvgIpc) is 2.41. The predicted molar refractivity (Wildman–Crippen MR) is 95.1 cm³/mol. The van der Waals surface area contributed by atoms with Crippen LogP contribution in [-0.2, 0) is 0 Å². The molecule has 0 bridgehead atoms. The summed E-state index contributed by atoms with van der Waals surface area (Å²) in [5, 5.41) is 1.66. The Kier molecular flexibility index (Phi) is 4.34. The van der Waals surface area contributed by atoms with Crippen molar-refractivity contribution in [1.29, 1.82) is 0 Å². The van der Waals surface area contributed by atoms with Gasteiger partial charge in [0.25, 0.3) is 0 Å². The minimum atomic E-state index is 0.243. The number of ether oxygens (including phenoxy) is 1. The smallest absolute Gasteiger partial charge is 0.158 e. The van der Waals surface area contributed by atoms with Crippen molar-refractivity contribution in [2.45, 2.75) is 19.3 Å². The number of fused-ring (bicyclic) bond motifs is 1. The van der Waals surface area contributed by atoms with Gasteiger partial charge >= 0.3 is 0 Å². The van der Waals surface area contributed by atoms with Crippen molar-refractivity contribution in [2.24, 2.45) is 5.41 Å². The largest absolute Gasteiger partial charge is 0.490 e. The van der Waals surface area contributed by atoms with E-state index in [4.69, 9.17) is 16.3 Å². The zero-order valence-electron chi connectivity index (χ0n) is 10.9. The molecule has 0 amide bonds. The molecule has 0 atom stereocenters. The van der Waals surface area contributed by atoms with Gasteiger partial charge in [0, 0.05) is 17.0 Å². The summed E-state index contributed by atoms with van der Waals surface area (Å²) in [6.45, 7) is 0.708. The second-order valence-corrected chi connectivity index (χ2v) is 7.25. The van der Waals surface area contributed by atoms with Crippen LogP contribution in [0.5, 0.6) is 5.75 Å². The van der Waals surface area contributed by atoms with E-state index in [1.807, 2.05) is 18.2 Å². The Hall–Kier alpha value is -0.200. The van der Waals surface area contributed by atoms with E-state index in [0.29, 0.717) is 6.61 Å². The molecule has 0 N–H and O–H groups in total. The number of thiol groups is 1. The van der Waals surface area contributed by atoms with Crippen molar-refractivity contribution in [3.63, 3.8) is 0 Å². The highest BCUT2D eigenvalue weighted by Crippen LogP contribution is 2.43. The van der Waals surface area contributed by atoms with Crippen molar-refractivity contribution in [3.05, 3.63) is 33.0 Å². The van der Waals surface area contributed by atoms with Gasteiger partial charge in [-0.25, -0.2) is 0 Å². The molecule has 0 radical (unpaired) electrons. The van der Waals surface area contributed by atoms with E-state index < -0.39 is 0 Å². The first-order valence-electron chi connectivity index (χ1n) is 6.62. The Morgan fingerprint density at radius 2 is 2.25 bits per heavy atom. The summed E-state index contributed by atoms with van der Waals surface area (Å²) in [6, 6.07) is 5.81. The second-order valence-electron chi connectivity index (χ2n) is 5.37. The van der Waals surface area contributed by atoms with Crippen LogP contribution >= 0.6 is 46.8 Å². The summed E-state index contributed by atoms with van der Waals surface area (Å²) >= 11 is 13.0. The normalized spacial score (nSPS) is 16.9. The van der Waals surface area contributed by atoms with Gasteiger partial charge in [0.1, 0.15) is 5.52 Å². The van der Waals surface area contributed by atoms with Crippen LogP contribution in [0.4, 0.5) is 0 Å². The van der Waals surface area contributed by atoms with E-state index in [1.165, 1.54) is 19.3 Å². The summed E-state index contributed by atoms with van der Waals surface area (Å²) in [5.41, 5.74) is 1.09. The molecule has 5 heteroatoms. The highest BCUT2D eigenvalue weighted by atomic mass is 127. The second kappa shape index (κ2) is 5.89. The third kappa shape index (κ3) is 2.62. The van der Waals surface area contributed by atoms with Crippen LogP contribution < -0.4 is 4.74 Å². The Bertz CT molecular complexity index is 640. The molecule has 0 aliphatic heterocycles. The van der Waals surface area contributed by atoms with Crippen LogP contribution in [0.1, 0.15) is 19.3 Å². The van der Waals surface area contributed by atoms with Crippen LogP contribution in [0.3, 0.4) is 0 Å². The fourth-order valence-electron chi connectivity index (χ4n) is 2.53. The zero-order valence-corrected chi connectivity index (χ0v) is 14.7. The van der Waals surface area contributed by atoms with Gasteiger partial charge in [0.05, 0.1) is 15.2 Å². The van der Waals surface area contributed by atoms with Gasteiger partial charge in [-0.05, 0) is 59.4 Å². The molecule has 1 heterocycles. The van der Waals surface area contributed by atoms with Crippen molar-refractivity contribution < 1.29 is 4.74 Å². The van der Waals surface area contributed by atoms with Crippen molar-refractivity contribution in [2.75, 3.05) is 12.4 Å². The van der Waals surface area contributed by atoms with Gasteiger partial charge in [-0.2, -0.15) is 12.6 Å². The molecule has 0 unspecified atom stereocenters. The van der Waals surface area contributed by atoms with Gasteiger partial charge in [-0.1, -0.05) is 18.0 Å². The minimum Gasteiger partial charge on any atom is -0.490 e. The Labute approximate surface area is 142 Å². The topological polar surface area (TPSA) is 22.1 Å². The maximum absolute atomic E-state index is 6.28. The number of rotatable bonds is 4. The summed E-state index contributed by atoms with van der Waals surface area (Å²) in [6.07, 6.45) is 5.46. The summed E-state index contributed by atoms with van der Waals surface area (Å²) in [7, 11) is 0. The number of hydrogen-bond acceptors (Lipinski definition) is 3. The highest BCUT2D eigenvalue weighted by Gasteiger charge is 2.36. The van der Waals surface area contributed by atoms with Crippen molar-refractivity contribution in [1.82, 2.24) is 4.98 Å². The molecule has 20 heavy (non-hydrogen) atoms. The molecule has 2 nitrogen and oxygen atoms in total.